The number of rotatable bonds is 4. The lowest BCUT2D eigenvalue weighted by molar-refractivity contribution is 0.0600. The zero-order valence-electron chi connectivity index (χ0n) is 11.3. The first-order valence-electron chi connectivity index (χ1n) is 6.06. The summed E-state index contributed by atoms with van der Waals surface area (Å²) in [6, 6.07) is 10.3. The van der Waals surface area contributed by atoms with Crippen LogP contribution in [0.25, 0.3) is 0 Å². The summed E-state index contributed by atoms with van der Waals surface area (Å²) in [5, 5.41) is 0. The molecule has 0 saturated carbocycles. The third-order valence-corrected chi connectivity index (χ3v) is 2.93. The molecule has 0 aliphatic rings. The number of benzene rings is 1. The number of aromatic nitrogens is 1. The van der Waals surface area contributed by atoms with Gasteiger partial charge in [-0.15, -0.1) is 0 Å². The third kappa shape index (κ3) is 2.88. The molecule has 0 radical (unpaired) electrons. The van der Waals surface area contributed by atoms with Crippen LogP contribution in [-0.2, 0) is 11.3 Å². The van der Waals surface area contributed by atoms with Gasteiger partial charge in [-0.05, 0) is 29.8 Å². The van der Waals surface area contributed by atoms with Crippen molar-refractivity contribution in [3.8, 4) is 5.75 Å². The van der Waals surface area contributed by atoms with Gasteiger partial charge in [-0.25, -0.2) is 4.79 Å². The van der Waals surface area contributed by atoms with Gasteiger partial charge in [0.25, 0.3) is 5.56 Å². The third-order valence-electron chi connectivity index (χ3n) is 2.93. The fraction of sp³-hybridized carbons (Fsp3) is 0.200. The Kier molecular flexibility index (Phi) is 4.20. The molecule has 0 atom stereocenters. The Labute approximate surface area is 116 Å². The van der Waals surface area contributed by atoms with Crippen molar-refractivity contribution in [3.63, 3.8) is 0 Å². The average Bonchev–Trinajstić information content (AvgIpc) is 2.49. The number of nitrogens with zero attached hydrogens (tertiary/aromatic N) is 1. The van der Waals surface area contributed by atoms with Crippen LogP contribution in [0, 0.1) is 0 Å². The molecule has 0 aliphatic carbocycles. The van der Waals surface area contributed by atoms with Gasteiger partial charge in [0.05, 0.1) is 26.3 Å². The molecule has 0 amide bonds. The van der Waals surface area contributed by atoms with E-state index in [-0.39, 0.29) is 11.5 Å². The van der Waals surface area contributed by atoms with Crippen LogP contribution in [0.15, 0.2) is 47.4 Å². The highest BCUT2D eigenvalue weighted by Gasteiger charge is 2.06. The SMILES string of the molecule is COC(=O)c1ccc(Cn2cccc(OC)c2=O)cc1. The second-order valence-electron chi connectivity index (χ2n) is 4.20. The molecule has 2 rings (SSSR count). The standard InChI is InChI=1S/C15H15NO4/c1-19-13-4-3-9-16(14(13)17)10-11-5-7-12(8-6-11)15(18)20-2/h3-9H,10H2,1-2H3. The largest absolute Gasteiger partial charge is 0.491 e. The van der Waals surface area contributed by atoms with Crippen LogP contribution in [0.4, 0.5) is 0 Å². The van der Waals surface area contributed by atoms with Crippen molar-refractivity contribution in [2.75, 3.05) is 14.2 Å². The number of esters is 1. The van der Waals surface area contributed by atoms with E-state index in [1.807, 2.05) is 0 Å². The minimum atomic E-state index is -0.380. The van der Waals surface area contributed by atoms with Gasteiger partial charge in [-0.2, -0.15) is 0 Å². The summed E-state index contributed by atoms with van der Waals surface area (Å²) in [4.78, 5) is 23.3. The van der Waals surface area contributed by atoms with Crippen molar-refractivity contribution in [3.05, 3.63) is 64.1 Å². The van der Waals surface area contributed by atoms with E-state index in [2.05, 4.69) is 4.74 Å². The monoisotopic (exact) mass is 273 g/mol. The Balaban J connectivity index is 2.23. The summed E-state index contributed by atoms with van der Waals surface area (Å²) in [6.07, 6.45) is 1.69. The van der Waals surface area contributed by atoms with Crippen LogP contribution in [0.2, 0.25) is 0 Å². The zero-order chi connectivity index (χ0) is 14.5. The lowest BCUT2D eigenvalue weighted by atomic mass is 10.1. The minimum Gasteiger partial charge on any atom is -0.491 e. The fourth-order valence-electron chi connectivity index (χ4n) is 1.86. The number of ether oxygens (including phenoxy) is 2. The predicted octanol–water partition coefficient (Wildman–Crippen LogP) is 1.69. The smallest absolute Gasteiger partial charge is 0.337 e. The molecule has 0 aliphatic heterocycles. The van der Waals surface area contributed by atoms with Gasteiger partial charge in [0.1, 0.15) is 0 Å². The van der Waals surface area contributed by atoms with Crippen LogP contribution in [0.3, 0.4) is 0 Å². The van der Waals surface area contributed by atoms with Crippen molar-refractivity contribution in [2.24, 2.45) is 0 Å². The average molecular weight is 273 g/mol. The molecule has 1 heterocycles. The van der Waals surface area contributed by atoms with Gasteiger partial charge in [-0.1, -0.05) is 12.1 Å². The molecule has 2 aromatic rings. The van der Waals surface area contributed by atoms with Crippen molar-refractivity contribution in [2.45, 2.75) is 6.54 Å². The maximum Gasteiger partial charge on any atom is 0.337 e. The highest BCUT2D eigenvalue weighted by molar-refractivity contribution is 5.89. The molecule has 1 aromatic carbocycles. The van der Waals surface area contributed by atoms with Crippen molar-refractivity contribution in [1.29, 1.82) is 0 Å². The van der Waals surface area contributed by atoms with Crippen LogP contribution >= 0.6 is 0 Å². The van der Waals surface area contributed by atoms with E-state index in [9.17, 15) is 9.59 Å². The highest BCUT2D eigenvalue weighted by atomic mass is 16.5. The Morgan fingerprint density at radius 3 is 2.45 bits per heavy atom. The van der Waals surface area contributed by atoms with E-state index < -0.39 is 0 Å². The van der Waals surface area contributed by atoms with Gasteiger partial charge in [0, 0.05) is 6.20 Å². The molecule has 0 bridgehead atoms. The molecule has 0 spiro atoms. The number of methoxy groups -OCH3 is 2. The number of carbonyl (C=O) groups is 1. The van der Waals surface area contributed by atoms with Gasteiger partial charge < -0.3 is 14.0 Å². The Hall–Kier alpha value is -2.56. The van der Waals surface area contributed by atoms with Crippen LogP contribution < -0.4 is 10.3 Å². The first kappa shape index (κ1) is 13.9. The van der Waals surface area contributed by atoms with Crippen LogP contribution in [0.1, 0.15) is 15.9 Å². The van der Waals surface area contributed by atoms with Gasteiger partial charge >= 0.3 is 5.97 Å². The van der Waals surface area contributed by atoms with Crippen molar-refractivity contribution >= 4 is 5.97 Å². The maximum absolute atomic E-state index is 12.0. The fourth-order valence-corrected chi connectivity index (χ4v) is 1.86. The van der Waals surface area contributed by atoms with Crippen LogP contribution in [0.5, 0.6) is 5.75 Å². The zero-order valence-corrected chi connectivity index (χ0v) is 11.3. The first-order chi connectivity index (χ1) is 9.65. The Morgan fingerprint density at radius 2 is 1.85 bits per heavy atom. The molecular weight excluding hydrogens is 258 g/mol. The van der Waals surface area contributed by atoms with E-state index in [4.69, 9.17) is 4.74 Å². The summed E-state index contributed by atoms with van der Waals surface area (Å²) in [6.45, 7) is 0.414. The summed E-state index contributed by atoms with van der Waals surface area (Å²) in [5.74, 6) is -0.0752. The molecule has 20 heavy (non-hydrogen) atoms. The van der Waals surface area contributed by atoms with E-state index >= 15 is 0 Å². The molecule has 1 aromatic heterocycles. The first-order valence-corrected chi connectivity index (χ1v) is 6.06. The minimum absolute atomic E-state index is 0.188. The molecule has 0 N–H and O–H groups in total. The van der Waals surface area contributed by atoms with E-state index in [1.165, 1.54) is 14.2 Å². The number of pyridine rings is 1. The van der Waals surface area contributed by atoms with Gasteiger partial charge in [0.15, 0.2) is 5.75 Å². The summed E-state index contributed by atoms with van der Waals surface area (Å²) >= 11 is 0. The number of hydrogen-bond donors (Lipinski definition) is 0. The molecule has 104 valence electrons. The van der Waals surface area contributed by atoms with Gasteiger partial charge in [-0.3, -0.25) is 4.79 Å². The lowest BCUT2D eigenvalue weighted by Crippen LogP contribution is -2.21. The second-order valence-corrected chi connectivity index (χ2v) is 4.20. The predicted molar refractivity (Wildman–Crippen MR) is 74.1 cm³/mol. The molecule has 0 saturated heterocycles. The highest BCUT2D eigenvalue weighted by Crippen LogP contribution is 2.08. The molecule has 5 heteroatoms. The van der Waals surface area contributed by atoms with E-state index in [0.717, 1.165) is 5.56 Å². The quantitative estimate of drug-likeness (QED) is 0.795. The summed E-state index contributed by atoms with van der Waals surface area (Å²) < 4.78 is 11.2. The van der Waals surface area contributed by atoms with E-state index in [0.29, 0.717) is 17.9 Å². The molecule has 0 fully saturated rings. The number of carbonyl (C=O) groups excluding carboxylic acids is 1. The topological polar surface area (TPSA) is 57.5 Å². The lowest BCUT2D eigenvalue weighted by Gasteiger charge is -2.08. The summed E-state index contributed by atoms with van der Waals surface area (Å²) in [5.41, 5.74) is 1.20. The van der Waals surface area contributed by atoms with Crippen LogP contribution in [-0.4, -0.2) is 24.8 Å². The Morgan fingerprint density at radius 1 is 1.15 bits per heavy atom. The molecular formula is C15H15NO4. The summed E-state index contributed by atoms with van der Waals surface area (Å²) in [7, 11) is 2.80. The Bertz CT molecular complexity index is 658. The van der Waals surface area contributed by atoms with E-state index in [1.54, 1.807) is 47.2 Å². The second kappa shape index (κ2) is 6.06. The number of hydrogen-bond acceptors (Lipinski definition) is 4. The maximum atomic E-state index is 12.0. The molecule has 0 unspecified atom stereocenters. The van der Waals surface area contributed by atoms with Crippen molar-refractivity contribution < 1.29 is 14.3 Å². The van der Waals surface area contributed by atoms with Gasteiger partial charge in [0.2, 0.25) is 0 Å². The molecule has 5 nitrogen and oxygen atoms in total. The van der Waals surface area contributed by atoms with Crippen molar-refractivity contribution in [1.82, 2.24) is 4.57 Å². The normalized spacial score (nSPS) is 10.1.